The van der Waals surface area contributed by atoms with Crippen LogP contribution in [-0.4, -0.2) is 16.9 Å². The molecule has 0 saturated carbocycles. The highest BCUT2D eigenvalue weighted by molar-refractivity contribution is 9.10. The van der Waals surface area contributed by atoms with Crippen LogP contribution in [0.5, 0.6) is 0 Å². The number of benzene rings is 1. The van der Waals surface area contributed by atoms with E-state index in [1.807, 2.05) is 12.1 Å². The fourth-order valence-corrected chi connectivity index (χ4v) is 2.06. The number of rotatable bonds is 8. The van der Waals surface area contributed by atoms with Crippen LogP contribution in [0.4, 0.5) is 0 Å². The van der Waals surface area contributed by atoms with Crippen LogP contribution < -0.4 is 5.48 Å². The summed E-state index contributed by atoms with van der Waals surface area (Å²) in [6.45, 7) is 0. The fourth-order valence-electron chi connectivity index (χ4n) is 1.80. The number of halogens is 1. The molecule has 0 aromatic heterocycles. The highest BCUT2D eigenvalue weighted by Crippen LogP contribution is 2.13. The molecule has 2 N–H and O–H groups in total. The zero-order valence-corrected chi connectivity index (χ0v) is 12.3. The standard InChI is InChI=1S/C14H18BrNO3/c15-12-9-7-11(8-10-12)5-3-1-2-4-6-13(17)14(18)16-19/h7-10,19H,1-6H2,(H,16,18). The van der Waals surface area contributed by atoms with Crippen LogP contribution in [0.2, 0.25) is 0 Å². The van der Waals surface area contributed by atoms with Gasteiger partial charge in [-0.2, -0.15) is 0 Å². The first-order valence-electron chi connectivity index (χ1n) is 6.35. The summed E-state index contributed by atoms with van der Waals surface area (Å²) < 4.78 is 1.08. The van der Waals surface area contributed by atoms with Gasteiger partial charge < -0.3 is 0 Å². The first-order chi connectivity index (χ1) is 9.13. The number of hydrogen-bond acceptors (Lipinski definition) is 3. The Kier molecular flexibility index (Phi) is 7.36. The first-order valence-corrected chi connectivity index (χ1v) is 7.14. The minimum atomic E-state index is -0.921. The lowest BCUT2D eigenvalue weighted by molar-refractivity contribution is -0.143. The quantitative estimate of drug-likeness (QED) is 0.334. The van der Waals surface area contributed by atoms with Gasteiger partial charge in [0.25, 0.3) is 0 Å². The van der Waals surface area contributed by atoms with Crippen molar-refractivity contribution in [2.24, 2.45) is 0 Å². The minimum absolute atomic E-state index is 0.199. The number of amides is 1. The second kappa shape index (κ2) is 8.82. The third kappa shape index (κ3) is 6.50. The van der Waals surface area contributed by atoms with Crippen LogP contribution in [0, 0.1) is 0 Å². The van der Waals surface area contributed by atoms with E-state index in [-0.39, 0.29) is 6.42 Å². The van der Waals surface area contributed by atoms with Gasteiger partial charge in [0, 0.05) is 10.9 Å². The van der Waals surface area contributed by atoms with Crippen molar-refractivity contribution in [2.45, 2.75) is 38.5 Å². The summed E-state index contributed by atoms with van der Waals surface area (Å²) in [5, 5.41) is 8.27. The summed E-state index contributed by atoms with van der Waals surface area (Å²) in [5.41, 5.74) is 2.66. The molecule has 0 bridgehead atoms. The highest BCUT2D eigenvalue weighted by atomic mass is 79.9. The molecule has 0 aliphatic rings. The van der Waals surface area contributed by atoms with Crippen molar-refractivity contribution in [2.75, 3.05) is 0 Å². The van der Waals surface area contributed by atoms with Gasteiger partial charge >= 0.3 is 5.91 Å². The number of carbonyl (C=O) groups excluding carboxylic acids is 2. The number of hydroxylamine groups is 1. The van der Waals surface area contributed by atoms with Crippen LogP contribution in [-0.2, 0) is 16.0 Å². The van der Waals surface area contributed by atoms with E-state index in [1.54, 1.807) is 0 Å². The summed E-state index contributed by atoms with van der Waals surface area (Å²) in [7, 11) is 0. The van der Waals surface area contributed by atoms with Crippen molar-refractivity contribution in [3.63, 3.8) is 0 Å². The molecule has 0 unspecified atom stereocenters. The summed E-state index contributed by atoms with van der Waals surface area (Å²) >= 11 is 3.40. The maximum Gasteiger partial charge on any atom is 0.310 e. The Morgan fingerprint density at radius 3 is 2.32 bits per heavy atom. The molecule has 0 saturated heterocycles. The predicted molar refractivity (Wildman–Crippen MR) is 75.9 cm³/mol. The molecule has 1 rings (SSSR count). The minimum Gasteiger partial charge on any atom is -0.289 e. The molecule has 0 atom stereocenters. The molecule has 0 aliphatic heterocycles. The van der Waals surface area contributed by atoms with Crippen molar-refractivity contribution in [1.82, 2.24) is 5.48 Å². The third-order valence-electron chi connectivity index (χ3n) is 2.89. The van der Waals surface area contributed by atoms with E-state index in [9.17, 15) is 9.59 Å². The van der Waals surface area contributed by atoms with Crippen molar-refractivity contribution in [3.8, 4) is 0 Å². The molecular formula is C14H18BrNO3. The van der Waals surface area contributed by atoms with Gasteiger partial charge in [-0.25, -0.2) is 5.48 Å². The number of aryl methyl sites for hydroxylation is 1. The normalized spacial score (nSPS) is 10.2. The maximum absolute atomic E-state index is 11.1. The van der Waals surface area contributed by atoms with Gasteiger partial charge in [-0.15, -0.1) is 0 Å². The van der Waals surface area contributed by atoms with E-state index >= 15 is 0 Å². The lowest BCUT2D eigenvalue weighted by atomic mass is 10.0. The number of hydrogen-bond donors (Lipinski definition) is 2. The van der Waals surface area contributed by atoms with E-state index in [4.69, 9.17) is 5.21 Å². The van der Waals surface area contributed by atoms with Crippen molar-refractivity contribution >= 4 is 27.6 Å². The van der Waals surface area contributed by atoms with Gasteiger partial charge in [-0.3, -0.25) is 14.8 Å². The lowest BCUT2D eigenvalue weighted by Crippen LogP contribution is -2.27. The number of carbonyl (C=O) groups is 2. The third-order valence-corrected chi connectivity index (χ3v) is 3.42. The van der Waals surface area contributed by atoms with Gasteiger partial charge in [-0.05, 0) is 37.0 Å². The van der Waals surface area contributed by atoms with Crippen LogP contribution in [0.15, 0.2) is 28.7 Å². The number of unbranched alkanes of at least 4 members (excludes halogenated alkanes) is 3. The number of Topliss-reactive ketones (excluding diaryl/α,β-unsaturated/α-hetero) is 1. The van der Waals surface area contributed by atoms with Crippen LogP contribution in [0.25, 0.3) is 0 Å². The zero-order valence-electron chi connectivity index (χ0n) is 10.7. The molecule has 104 valence electrons. The van der Waals surface area contributed by atoms with Crippen LogP contribution in [0.1, 0.15) is 37.7 Å². The second-order valence-electron chi connectivity index (χ2n) is 4.40. The zero-order chi connectivity index (χ0) is 14.1. The largest absolute Gasteiger partial charge is 0.310 e. The molecule has 0 spiro atoms. The second-order valence-corrected chi connectivity index (χ2v) is 5.32. The van der Waals surface area contributed by atoms with Crippen LogP contribution in [0.3, 0.4) is 0 Å². The number of ketones is 1. The Balaban J connectivity index is 2.07. The topological polar surface area (TPSA) is 66.4 Å². The van der Waals surface area contributed by atoms with Crippen molar-refractivity contribution in [3.05, 3.63) is 34.3 Å². The SMILES string of the molecule is O=C(CCCCCCc1ccc(Br)cc1)C(=O)NO. The lowest BCUT2D eigenvalue weighted by Gasteiger charge is -2.02. The van der Waals surface area contributed by atoms with E-state index in [0.29, 0.717) is 6.42 Å². The average molecular weight is 328 g/mol. The predicted octanol–water partition coefficient (Wildman–Crippen LogP) is 3.02. The maximum atomic E-state index is 11.1. The monoisotopic (exact) mass is 327 g/mol. The Bertz CT molecular complexity index is 417. The Hall–Kier alpha value is -1.20. The van der Waals surface area contributed by atoms with E-state index in [2.05, 4.69) is 28.1 Å². The average Bonchev–Trinajstić information content (AvgIpc) is 2.43. The molecule has 0 heterocycles. The molecule has 0 fully saturated rings. The smallest absolute Gasteiger partial charge is 0.289 e. The summed E-state index contributed by atoms with van der Waals surface area (Å²) in [5.74, 6) is -1.48. The van der Waals surface area contributed by atoms with Gasteiger partial charge in [0.2, 0.25) is 5.78 Å². The van der Waals surface area contributed by atoms with Crippen molar-refractivity contribution < 1.29 is 14.8 Å². The molecule has 1 aromatic rings. The molecule has 4 nitrogen and oxygen atoms in total. The Morgan fingerprint density at radius 2 is 1.68 bits per heavy atom. The van der Waals surface area contributed by atoms with Gasteiger partial charge in [0.05, 0.1) is 0 Å². The molecule has 0 radical (unpaired) electrons. The molecule has 1 aromatic carbocycles. The van der Waals surface area contributed by atoms with Crippen molar-refractivity contribution in [1.29, 1.82) is 0 Å². The van der Waals surface area contributed by atoms with E-state index in [1.165, 1.54) is 11.0 Å². The fraction of sp³-hybridized carbons (Fsp3) is 0.429. The first kappa shape index (κ1) is 15.9. The molecule has 19 heavy (non-hydrogen) atoms. The van der Waals surface area contributed by atoms with E-state index in [0.717, 1.165) is 30.2 Å². The summed E-state index contributed by atoms with van der Waals surface area (Å²) in [4.78, 5) is 21.8. The van der Waals surface area contributed by atoms with Gasteiger partial charge in [-0.1, -0.05) is 40.9 Å². The Labute approximate surface area is 121 Å². The number of nitrogens with one attached hydrogen (secondary N) is 1. The Morgan fingerprint density at radius 1 is 1.05 bits per heavy atom. The van der Waals surface area contributed by atoms with E-state index < -0.39 is 11.7 Å². The summed E-state index contributed by atoms with van der Waals surface area (Å²) in [6, 6.07) is 8.25. The van der Waals surface area contributed by atoms with Gasteiger partial charge in [0.1, 0.15) is 0 Å². The molecular weight excluding hydrogens is 310 g/mol. The van der Waals surface area contributed by atoms with Crippen LogP contribution >= 0.6 is 15.9 Å². The van der Waals surface area contributed by atoms with Gasteiger partial charge in [0.15, 0.2) is 0 Å². The molecule has 1 amide bonds. The molecule has 5 heteroatoms. The highest BCUT2D eigenvalue weighted by Gasteiger charge is 2.10. The molecule has 0 aliphatic carbocycles. The summed E-state index contributed by atoms with van der Waals surface area (Å²) in [6.07, 6.45) is 4.93.